The molecule has 0 unspecified atom stereocenters. The SMILES string of the molecule is C=C(/C=c1/c(-c2nc3c(N4CCCCC4)cccc3[nH]2)n[nH]/c1=C/C)c1ccncc1.CC.Cc1cncc(-c2cc3c(-c4nc5c(N6CCCCC6)cccc5[nH]4)n[nH]c3cn2)c1. The van der Waals surface area contributed by atoms with E-state index in [1.807, 2.05) is 64.5 Å². The normalized spacial score (nSPS) is 14.8. The van der Waals surface area contributed by atoms with E-state index in [0.29, 0.717) is 0 Å². The lowest BCUT2D eigenvalue weighted by Gasteiger charge is -2.28. The molecule has 2 saturated heterocycles. The Morgan fingerprint density at radius 3 is 1.89 bits per heavy atom. The molecule has 0 atom stereocenters. The first-order valence-electron chi connectivity index (χ1n) is 22.6. The molecule has 9 heterocycles. The smallest absolute Gasteiger partial charge is 0.159 e. The van der Waals surface area contributed by atoms with E-state index in [2.05, 4.69) is 116 Å². The quantitative estimate of drug-likeness (QED) is 0.123. The fourth-order valence-corrected chi connectivity index (χ4v) is 8.72. The number of pyridine rings is 3. The number of rotatable bonds is 7. The van der Waals surface area contributed by atoms with Gasteiger partial charge in [0.15, 0.2) is 11.6 Å². The molecule has 64 heavy (non-hydrogen) atoms. The number of nitrogens with zero attached hydrogens (tertiary/aromatic N) is 9. The minimum absolute atomic E-state index is 0.762. The van der Waals surface area contributed by atoms with E-state index >= 15 is 0 Å². The van der Waals surface area contributed by atoms with Crippen LogP contribution in [0, 0.1) is 6.92 Å². The largest absolute Gasteiger partial charge is 0.370 e. The van der Waals surface area contributed by atoms with Crippen molar-refractivity contribution in [3.8, 4) is 34.3 Å². The highest BCUT2D eigenvalue weighted by Crippen LogP contribution is 2.33. The van der Waals surface area contributed by atoms with Crippen molar-refractivity contribution in [2.75, 3.05) is 36.0 Å². The second-order valence-corrected chi connectivity index (χ2v) is 16.1. The van der Waals surface area contributed by atoms with Gasteiger partial charge in [0.1, 0.15) is 22.4 Å². The Balaban J connectivity index is 0.000000156. The molecule has 0 bridgehead atoms. The third-order valence-electron chi connectivity index (χ3n) is 11.9. The number of hydrogen-bond donors (Lipinski definition) is 4. The van der Waals surface area contributed by atoms with Crippen molar-refractivity contribution >= 4 is 62.1 Å². The number of aromatic amines is 4. The van der Waals surface area contributed by atoms with E-state index in [-0.39, 0.29) is 0 Å². The molecule has 2 aliphatic rings. The molecule has 0 spiro atoms. The highest BCUT2D eigenvalue weighted by molar-refractivity contribution is 5.97. The lowest BCUT2D eigenvalue weighted by Crippen LogP contribution is -2.29. The third-order valence-corrected chi connectivity index (χ3v) is 11.9. The van der Waals surface area contributed by atoms with E-state index in [4.69, 9.17) is 9.97 Å². The Morgan fingerprint density at radius 2 is 1.28 bits per heavy atom. The van der Waals surface area contributed by atoms with Crippen LogP contribution in [0.4, 0.5) is 11.4 Å². The zero-order valence-corrected chi connectivity index (χ0v) is 37.1. The monoisotopic (exact) mass is 849 g/mol. The number of fused-ring (bicyclic) bond motifs is 3. The van der Waals surface area contributed by atoms with Crippen LogP contribution in [0.1, 0.15) is 70.4 Å². The molecule has 7 aromatic heterocycles. The second-order valence-electron chi connectivity index (χ2n) is 16.1. The number of aromatic nitrogens is 11. The fraction of sp³-hybridized carbons (Fsp3) is 0.275. The van der Waals surface area contributed by atoms with E-state index in [1.165, 1.54) is 49.9 Å². The molecule has 324 valence electrons. The fourth-order valence-electron chi connectivity index (χ4n) is 8.72. The molecule has 13 nitrogen and oxygen atoms in total. The van der Waals surface area contributed by atoms with E-state index < -0.39 is 0 Å². The van der Waals surface area contributed by atoms with Gasteiger partial charge in [0, 0.05) is 67.1 Å². The minimum atomic E-state index is 0.762. The van der Waals surface area contributed by atoms with Gasteiger partial charge in [0.05, 0.1) is 45.2 Å². The summed E-state index contributed by atoms with van der Waals surface area (Å²) in [5.41, 5.74) is 13.9. The van der Waals surface area contributed by atoms with Crippen molar-refractivity contribution < 1.29 is 0 Å². The summed E-state index contributed by atoms with van der Waals surface area (Å²) in [6.45, 7) is 16.6. The minimum Gasteiger partial charge on any atom is -0.370 e. The molecule has 0 radical (unpaired) electrons. The molecule has 9 aromatic rings. The molecule has 0 saturated carbocycles. The maximum atomic E-state index is 4.99. The van der Waals surface area contributed by atoms with Gasteiger partial charge in [-0.1, -0.05) is 38.6 Å². The van der Waals surface area contributed by atoms with E-state index in [0.717, 1.165) is 121 Å². The van der Waals surface area contributed by atoms with Gasteiger partial charge in [-0.3, -0.25) is 25.1 Å². The predicted octanol–water partition coefficient (Wildman–Crippen LogP) is 9.52. The van der Waals surface area contributed by atoms with E-state index in [9.17, 15) is 0 Å². The van der Waals surface area contributed by atoms with Crippen molar-refractivity contribution in [2.45, 2.75) is 66.2 Å². The van der Waals surface area contributed by atoms with Crippen LogP contribution in [0.25, 0.3) is 85.0 Å². The predicted molar refractivity (Wildman–Crippen MR) is 261 cm³/mol. The van der Waals surface area contributed by atoms with E-state index in [1.54, 1.807) is 12.4 Å². The van der Waals surface area contributed by atoms with Crippen LogP contribution in [0.15, 0.2) is 98.2 Å². The summed E-state index contributed by atoms with van der Waals surface area (Å²) in [5.74, 6) is 1.53. The first kappa shape index (κ1) is 41.9. The summed E-state index contributed by atoms with van der Waals surface area (Å²) < 4.78 is 0. The van der Waals surface area contributed by atoms with Gasteiger partial charge in [-0.25, -0.2) is 9.97 Å². The van der Waals surface area contributed by atoms with Crippen LogP contribution in [0.2, 0.25) is 0 Å². The molecule has 4 N–H and O–H groups in total. The zero-order valence-electron chi connectivity index (χ0n) is 37.1. The molecule has 0 amide bonds. The summed E-state index contributed by atoms with van der Waals surface area (Å²) in [6, 6.07) is 20.8. The number of H-pyrrole nitrogens is 4. The standard InChI is InChI=1S/C25H26N6.C24H23N7.C2H6/c1-3-20-19(16-17(2)18-10-12-26-13-11-18)23(30-29-20)25-27-21-8-7-9-22(24(21)28-25)31-14-5-4-6-15-31;1-15-10-16(13-25-12-15)19-11-17-20(14-26-19)29-30-22(17)24-27-18-6-5-7-21(23(18)28-24)31-8-3-2-4-9-31;1-2/h3,7-13,16,29H,2,4-6,14-15H2,1H3,(H,27,28);5-7,10-14H,2-4,8-9H2,1H3,(H,27,28)(H,29,30);1-2H3/b19-16+,20-3+;;. The van der Waals surface area contributed by atoms with Crippen molar-refractivity contribution in [3.05, 3.63) is 120 Å². The number of imidazole rings is 2. The average Bonchev–Trinajstić information content (AvgIpc) is 4.17. The maximum absolute atomic E-state index is 4.99. The number of piperidine rings is 2. The Bertz CT molecular complexity index is 3160. The third kappa shape index (κ3) is 8.53. The second kappa shape index (κ2) is 18.9. The number of nitrogens with one attached hydrogen (secondary N) is 4. The highest BCUT2D eigenvalue weighted by atomic mass is 15.2. The van der Waals surface area contributed by atoms with Crippen LogP contribution < -0.4 is 20.4 Å². The van der Waals surface area contributed by atoms with Crippen molar-refractivity contribution in [3.63, 3.8) is 0 Å². The van der Waals surface area contributed by atoms with Gasteiger partial charge in [-0.2, -0.15) is 10.2 Å². The lowest BCUT2D eigenvalue weighted by atomic mass is 10.1. The lowest BCUT2D eigenvalue weighted by molar-refractivity contribution is 0.579. The molecular formula is C51H55N13. The average molecular weight is 850 g/mol. The molecule has 2 fully saturated rings. The van der Waals surface area contributed by atoms with Gasteiger partial charge in [0.25, 0.3) is 0 Å². The Morgan fingerprint density at radius 1 is 0.672 bits per heavy atom. The molecular weight excluding hydrogens is 795 g/mol. The number of para-hydroxylation sites is 2. The topological polar surface area (TPSA) is 160 Å². The first-order chi connectivity index (χ1) is 31.5. The Hall–Kier alpha value is -7.41. The Labute approximate surface area is 372 Å². The van der Waals surface area contributed by atoms with Crippen LogP contribution in [0.5, 0.6) is 0 Å². The summed E-state index contributed by atoms with van der Waals surface area (Å²) in [5, 5.41) is 18.3. The molecule has 11 rings (SSSR count). The van der Waals surface area contributed by atoms with Gasteiger partial charge >= 0.3 is 0 Å². The van der Waals surface area contributed by atoms with Crippen LogP contribution in [-0.4, -0.2) is 81.5 Å². The number of allylic oxidation sites excluding steroid dienone is 1. The molecule has 13 heteroatoms. The molecule has 2 aromatic carbocycles. The summed E-state index contributed by atoms with van der Waals surface area (Å²) in [4.78, 5) is 34.8. The highest BCUT2D eigenvalue weighted by Gasteiger charge is 2.20. The van der Waals surface area contributed by atoms with Crippen LogP contribution in [-0.2, 0) is 0 Å². The summed E-state index contributed by atoms with van der Waals surface area (Å²) in [6.07, 6.45) is 20.7. The molecule has 2 aliphatic heterocycles. The van der Waals surface area contributed by atoms with Crippen molar-refractivity contribution in [2.24, 2.45) is 0 Å². The number of hydrogen-bond acceptors (Lipinski definition) is 9. The van der Waals surface area contributed by atoms with Crippen molar-refractivity contribution in [1.82, 2.24) is 55.3 Å². The van der Waals surface area contributed by atoms with Gasteiger partial charge < -0.3 is 19.8 Å². The molecule has 0 aliphatic carbocycles. The van der Waals surface area contributed by atoms with Crippen molar-refractivity contribution in [1.29, 1.82) is 0 Å². The van der Waals surface area contributed by atoms with Crippen LogP contribution in [0.3, 0.4) is 0 Å². The van der Waals surface area contributed by atoms with Crippen LogP contribution >= 0.6 is 0 Å². The van der Waals surface area contributed by atoms with Gasteiger partial charge in [-0.15, -0.1) is 0 Å². The Kier molecular flexibility index (Phi) is 12.4. The maximum Gasteiger partial charge on any atom is 0.159 e. The van der Waals surface area contributed by atoms with Gasteiger partial charge in [0.2, 0.25) is 0 Å². The summed E-state index contributed by atoms with van der Waals surface area (Å²) in [7, 11) is 0. The zero-order chi connectivity index (χ0) is 44.0. The number of aryl methyl sites for hydroxylation is 1. The first-order valence-corrected chi connectivity index (χ1v) is 22.6. The van der Waals surface area contributed by atoms with Gasteiger partial charge in [-0.05, 0) is 124 Å². The number of anilines is 2. The number of benzene rings is 2. The summed E-state index contributed by atoms with van der Waals surface area (Å²) >= 11 is 0.